The fourth-order valence-corrected chi connectivity index (χ4v) is 2.85. The van der Waals surface area contributed by atoms with Gasteiger partial charge in [-0.05, 0) is 30.3 Å². The van der Waals surface area contributed by atoms with Crippen molar-refractivity contribution < 1.29 is 4.92 Å². The number of nitro benzene ring substituents is 1. The van der Waals surface area contributed by atoms with Gasteiger partial charge in [-0.1, -0.05) is 41.0 Å². The van der Waals surface area contributed by atoms with Crippen LogP contribution in [-0.2, 0) is 0 Å². The van der Waals surface area contributed by atoms with Crippen molar-refractivity contribution in [3.63, 3.8) is 0 Å². The topological polar surface area (TPSA) is 69.2 Å². The highest BCUT2D eigenvalue weighted by molar-refractivity contribution is 7.99. The molecule has 19 heavy (non-hydrogen) atoms. The van der Waals surface area contributed by atoms with Gasteiger partial charge in [0.2, 0.25) is 0 Å². The summed E-state index contributed by atoms with van der Waals surface area (Å²) in [6.07, 6.45) is 0. The van der Waals surface area contributed by atoms with E-state index in [-0.39, 0.29) is 11.4 Å². The van der Waals surface area contributed by atoms with E-state index in [4.69, 9.17) is 28.9 Å². The largest absolute Gasteiger partial charge is 0.393 e. The second-order valence-corrected chi connectivity index (χ2v) is 5.56. The maximum absolute atomic E-state index is 11.0. The molecule has 2 rings (SSSR count). The molecule has 0 aliphatic carbocycles. The van der Waals surface area contributed by atoms with E-state index in [1.165, 1.54) is 17.8 Å². The Hall–Kier alpha value is -1.43. The summed E-state index contributed by atoms with van der Waals surface area (Å²) >= 11 is 12.9. The van der Waals surface area contributed by atoms with Crippen LogP contribution in [0.2, 0.25) is 10.0 Å². The Morgan fingerprint density at radius 1 is 1.16 bits per heavy atom. The number of hydrogen-bond acceptors (Lipinski definition) is 4. The van der Waals surface area contributed by atoms with Crippen LogP contribution in [0.5, 0.6) is 0 Å². The lowest BCUT2D eigenvalue weighted by Gasteiger charge is -2.05. The highest BCUT2D eigenvalue weighted by Gasteiger charge is 2.18. The minimum absolute atomic E-state index is 0.0985. The van der Waals surface area contributed by atoms with Gasteiger partial charge in [0, 0.05) is 4.90 Å². The van der Waals surface area contributed by atoms with E-state index in [1.54, 1.807) is 30.3 Å². The number of hydrogen-bond donors (Lipinski definition) is 1. The van der Waals surface area contributed by atoms with Crippen LogP contribution in [0, 0.1) is 10.1 Å². The van der Waals surface area contributed by atoms with Gasteiger partial charge in [-0.3, -0.25) is 10.1 Å². The molecule has 7 heteroatoms. The zero-order valence-corrected chi connectivity index (χ0v) is 11.8. The summed E-state index contributed by atoms with van der Waals surface area (Å²) in [5, 5.41) is 11.9. The quantitative estimate of drug-likeness (QED) is 0.509. The van der Waals surface area contributed by atoms with Gasteiger partial charge in [0.25, 0.3) is 0 Å². The first-order valence-corrected chi connectivity index (χ1v) is 6.72. The summed E-state index contributed by atoms with van der Waals surface area (Å²) in [6, 6.07) is 9.85. The zero-order valence-electron chi connectivity index (χ0n) is 9.47. The molecular formula is C12H8Cl2N2O2S. The zero-order chi connectivity index (χ0) is 14.0. The summed E-state index contributed by atoms with van der Waals surface area (Å²) in [4.78, 5) is 11.7. The van der Waals surface area contributed by atoms with Gasteiger partial charge in [0.05, 0.1) is 19.9 Å². The fourth-order valence-electron chi connectivity index (χ4n) is 1.48. The minimum Gasteiger partial charge on any atom is -0.393 e. The Balaban J connectivity index is 2.40. The van der Waals surface area contributed by atoms with E-state index < -0.39 is 4.92 Å². The standard InChI is InChI=1S/C12H8Cl2N2O2S/c13-8-5-4-7(6-9(8)14)19-11-3-1-2-10(15)12(11)16(17)18/h1-6H,15H2. The predicted octanol–water partition coefficient (Wildman–Crippen LogP) is 4.64. The first-order valence-electron chi connectivity index (χ1n) is 5.15. The molecular weight excluding hydrogens is 307 g/mol. The second kappa shape index (κ2) is 5.69. The molecule has 0 fully saturated rings. The van der Waals surface area contributed by atoms with Crippen molar-refractivity contribution in [3.8, 4) is 0 Å². The molecule has 98 valence electrons. The van der Waals surface area contributed by atoms with Crippen LogP contribution in [0.1, 0.15) is 0 Å². The number of nitrogen functional groups attached to an aromatic ring is 1. The molecule has 4 nitrogen and oxygen atoms in total. The fraction of sp³-hybridized carbons (Fsp3) is 0. The normalized spacial score (nSPS) is 10.4. The van der Waals surface area contributed by atoms with Gasteiger partial charge in [-0.2, -0.15) is 0 Å². The second-order valence-electron chi connectivity index (χ2n) is 3.63. The summed E-state index contributed by atoms with van der Waals surface area (Å²) in [7, 11) is 0. The summed E-state index contributed by atoms with van der Waals surface area (Å²) in [6.45, 7) is 0. The number of benzene rings is 2. The lowest BCUT2D eigenvalue weighted by atomic mass is 10.3. The molecule has 0 aliphatic heterocycles. The Bertz CT molecular complexity index is 650. The van der Waals surface area contributed by atoms with Crippen LogP contribution in [0.25, 0.3) is 0 Å². The number of halogens is 2. The third kappa shape index (κ3) is 3.12. The molecule has 0 bridgehead atoms. The molecule has 2 aromatic rings. The Morgan fingerprint density at radius 2 is 1.89 bits per heavy atom. The maximum Gasteiger partial charge on any atom is 0.305 e. The van der Waals surface area contributed by atoms with E-state index >= 15 is 0 Å². The highest BCUT2D eigenvalue weighted by Crippen LogP contribution is 2.39. The molecule has 0 radical (unpaired) electrons. The molecule has 2 N–H and O–H groups in total. The molecule has 0 heterocycles. The summed E-state index contributed by atoms with van der Waals surface area (Å²) in [5.41, 5.74) is 5.66. The maximum atomic E-state index is 11.0. The van der Waals surface area contributed by atoms with Gasteiger partial charge in [0.1, 0.15) is 5.69 Å². The van der Waals surface area contributed by atoms with Crippen LogP contribution in [0.15, 0.2) is 46.2 Å². The molecule has 0 atom stereocenters. The molecule has 0 saturated carbocycles. The molecule has 0 amide bonds. The van der Waals surface area contributed by atoms with Crippen LogP contribution < -0.4 is 5.73 Å². The monoisotopic (exact) mass is 314 g/mol. The number of anilines is 1. The van der Waals surface area contributed by atoms with Gasteiger partial charge >= 0.3 is 5.69 Å². The summed E-state index contributed by atoms with van der Waals surface area (Å²) in [5.74, 6) is 0. The highest BCUT2D eigenvalue weighted by atomic mass is 35.5. The predicted molar refractivity (Wildman–Crippen MR) is 78.1 cm³/mol. The third-order valence-electron chi connectivity index (χ3n) is 2.33. The lowest BCUT2D eigenvalue weighted by Crippen LogP contribution is -1.97. The lowest BCUT2D eigenvalue weighted by molar-refractivity contribution is -0.386. The van der Waals surface area contributed by atoms with E-state index in [0.29, 0.717) is 14.9 Å². The van der Waals surface area contributed by atoms with Crippen molar-refractivity contribution >= 4 is 46.3 Å². The van der Waals surface area contributed by atoms with Gasteiger partial charge in [-0.15, -0.1) is 0 Å². The number of nitro groups is 1. The number of para-hydroxylation sites is 1. The van der Waals surface area contributed by atoms with Crippen LogP contribution in [0.4, 0.5) is 11.4 Å². The average Bonchev–Trinajstić information content (AvgIpc) is 2.33. The molecule has 0 aromatic heterocycles. The van der Waals surface area contributed by atoms with Gasteiger partial charge < -0.3 is 5.73 Å². The van der Waals surface area contributed by atoms with E-state index in [2.05, 4.69) is 0 Å². The van der Waals surface area contributed by atoms with Gasteiger partial charge in [-0.25, -0.2) is 0 Å². The summed E-state index contributed by atoms with van der Waals surface area (Å²) < 4.78 is 0. The van der Waals surface area contributed by atoms with Crippen LogP contribution in [-0.4, -0.2) is 4.92 Å². The number of nitrogens with two attached hydrogens (primary N) is 1. The van der Waals surface area contributed by atoms with Crippen molar-refractivity contribution in [3.05, 3.63) is 56.6 Å². The molecule has 0 unspecified atom stereocenters. The third-order valence-corrected chi connectivity index (χ3v) is 4.11. The van der Waals surface area contributed by atoms with E-state index in [1.807, 2.05) is 0 Å². The Labute approximate surface area is 123 Å². The molecule has 2 aromatic carbocycles. The Kier molecular flexibility index (Phi) is 4.19. The van der Waals surface area contributed by atoms with Crippen molar-refractivity contribution in [2.75, 3.05) is 5.73 Å². The first kappa shape index (κ1) is 14.0. The van der Waals surface area contributed by atoms with Gasteiger partial charge in [0.15, 0.2) is 0 Å². The average molecular weight is 315 g/mol. The number of nitrogens with zero attached hydrogens (tertiary/aromatic N) is 1. The van der Waals surface area contributed by atoms with Crippen molar-refractivity contribution in [1.29, 1.82) is 0 Å². The SMILES string of the molecule is Nc1cccc(Sc2ccc(Cl)c(Cl)c2)c1[N+](=O)[O-]. The number of rotatable bonds is 3. The molecule has 0 saturated heterocycles. The van der Waals surface area contributed by atoms with Crippen LogP contribution in [0.3, 0.4) is 0 Å². The Morgan fingerprint density at radius 3 is 2.53 bits per heavy atom. The molecule has 0 aliphatic rings. The van der Waals surface area contributed by atoms with Crippen molar-refractivity contribution in [2.45, 2.75) is 9.79 Å². The molecule has 0 spiro atoms. The van der Waals surface area contributed by atoms with E-state index in [9.17, 15) is 10.1 Å². The van der Waals surface area contributed by atoms with Crippen LogP contribution >= 0.6 is 35.0 Å². The van der Waals surface area contributed by atoms with Crippen molar-refractivity contribution in [1.82, 2.24) is 0 Å². The minimum atomic E-state index is -0.491. The van der Waals surface area contributed by atoms with E-state index in [0.717, 1.165) is 4.90 Å². The smallest absolute Gasteiger partial charge is 0.305 e. The first-order chi connectivity index (χ1) is 8.99. The van der Waals surface area contributed by atoms with Crippen molar-refractivity contribution in [2.24, 2.45) is 0 Å².